The second-order valence-electron chi connectivity index (χ2n) is 6.11. The van der Waals surface area contributed by atoms with Crippen LogP contribution in [-0.4, -0.2) is 40.5 Å². The molecule has 0 saturated carbocycles. The molecular formula is C17H19N3O3. The van der Waals surface area contributed by atoms with Crippen LogP contribution in [0.5, 0.6) is 11.5 Å². The average Bonchev–Trinajstić information content (AvgIpc) is 3.22. The van der Waals surface area contributed by atoms with E-state index in [1.54, 1.807) is 18.2 Å². The van der Waals surface area contributed by atoms with E-state index >= 15 is 0 Å². The average molecular weight is 313 g/mol. The highest BCUT2D eigenvalue weighted by Gasteiger charge is 2.27. The second kappa shape index (κ2) is 5.61. The first kappa shape index (κ1) is 14.1. The summed E-state index contributed by atoms with van der Waals surface area (Å²) in [5, 5.41) is 4.40. The van der Waals surface area contributed by atoms with Crippen LogP contribution in [0.15, 0.2) is 30.6 Å². The maximum Gasteiger partial charge on any atom is 0.254 e. The number of aryl methyl sites for hydroxylation is 1. The predicted molar refractivity (Wildman–Crippen MR) is 83.7 cm³/mol. The summed E-state index contributed by atoms with van der Waals surface area (Å²) >= 11 is 0. The largest absolute Gasteiger partial charge is 0.454 e. The van der Waals surface area contributed by atoms with Crippen molar-refractivity contribution in [1.29, 1.82) is 0 Å². The van der Waals surface area contributed by atoms with Gasteiger partial charge >= 0.3 is 0 Å². The second-order valence-corrected chi connectivity index (χ2v) is 6.11. The standard InChI is InChI=1S/C17H19N3O3/c1-12-8-18-20(9-12)14-3-2-6-19(10-14)17(21)13-4-5-15-16(7-13)23-11-22-15/h4-5,7-9,14H,2-3,6,10-11H2,1H3. The molecule has 23 heavy (non-hydrogen) atoms. The summed E-state index contributed by atoms with van der Waals surface area (Å²) in [6.07, 6.45) is 5.93. The maximum absolute atomic E-state index is 12.8. The molecule has 0 aliphatic carbocycles. The number of piperidine rings is 1. The van der Waals surface area contributed by atoms with Gasteiger partial charge in [-0.3, -0.25) is 9.48 Å². The van der Waals surface area contributed by atoms with Crippen molar-refractivity contribution in [2.45, 2.75) is 25.8 Å². The Morgan fingerprint density at radius 2 is 2.17 bits per heavy atom. The molecule has 3 heterocycles. The van der Waals surface area contributed by atoms with Gasteiger partial charge in [0.2, 0.25) is 6.79 Å². The summed E-state index contributed by atoms with van der Waals surface area (Å²) in [4.78, 5) is 14.7. The lowest BCUT2D eigenvalue weighted by molar-refractivity contribution is 0.0672. The number of ether oxygens (including phenoxy) is 2. The Labute approximate surface area is 134 Å². The van der Waals surface area contributed by atoms with Crippen LogP contribution in [0.4, 0.5) is 0 Å². The van der Waals surface area contributed by atoms with Crippen molar-refractivity contribution >= 4 is 5.91 Å². The number of hydrogen-bond donors (Lipinski definition) is 0. The van der Waals surface area contributed by atoms with E-state index in [0.717, 1.165) is 24.9 Å². The van der Waals surface area contributed by atoms with Gasteiger partial charge in [-0.05, 0) is 43.5 Å². The molecule has 120 valence electrons. The van der Waals surface area contributed by atoms with Gasteiger partial charge < -0.3 is 14.4 Å². The molecule has 2 aromatic rings. The number of rotatable bonds is 2. The lowest BCUT2D eigenvalue weighted by Gasteiger charge is -2.33. The molecular weight excluding hydrogens is 294 g/mol. The van der Waals surface area contributed by atoms with Gasteiger partial charge in [-0.2, -0.15) is 5.10 Å². The first-order valence-electron chi connectivity index (χ1n) is 7.90. The zero-order valence-corrected chi connectivity index (χ0v) is 13.1. The van der Waals surface area contributed by atoms with Crippen molar-refractivity contribution < 1.29 is 14.3 Å². The van der Waals surface area contributed by atoms with Crippen LogP contribution in [0.2, 0.25) is 0 Å². The van der Waals surface area contributed by atoms with Crippen LogP contribution in [-0.2, 0) is 0 Å². The van der Waals surface area contributed by atoms with Crippen molar-refractivity contribution in [2.24, 2.45) is 0 Å². The van der Waals surface area contributed by atoms with Gasteiger partial charge in [0.25, 0.3) is 5.91 Å². The molecule has 6 nitrogen and oxygen atoms in total. The Kier molecular flexibility index (Phi) is 3.44. The summed E-state index contributed by atoms with van der Waals surface area (Å²) < 4.78 is 12.6. The summed E-state index contributed by atoms with van der Waals surface area (Å²) in [5.41, 5.74) is 1.79. The van der Waals surface area contributed by atoms with Gasteiger partial charge in [-0.25, -0.2) is 0 Å². The molecule has 0 N–H and O–H groups in total. The number of hydrogen-bond acceptors (Lipinski definition) is 4. The third-order valence-electron chi connectivity index (χ3n) is 4.41. The minimum Gasteiger partial charge on any atom is -0.454 e. The minimum absolute atomic E-state index is 0.0388. The van der Waals surface area contributed by atoms with E-state index in [1.165, 1.54) is 0 Å². The molecule has 1 saturated heterocycles. The highest BCUT2D eigenvalue weighted by Crippen LogP contribution is 2.33. The maximum atomic E-state index is 12.8. The van der Waals surface area contributed by atoms with Crippen molar-refractivity contribution in [2.75, 3.05) is 19.9 Å². The summed E-state index contributed by atoms with van der Waals surface area (Å²) in [5.74, 6) is 1.38. The number of aromatic nitrogens is 2. The zero-order valence-electron chi connectivity index (χ0n) is 13.1. The third kappa shape index (κ3) is 2.65. The quantitative estimate of drug-likeness (QED) is 0.854. The monoisotopic (exact) mass is 313 g/mol. The van der Waals surface area contributed by atoms with Gasteiger partial charge in [0.15, 0.2) is 11.5 Å². The SMILES string of the molecule is Cc1cnn(C2CCCN(C(=O)c3ccc4c(c3)OCO4)C2)c1. The van der Waals surface area contributed by atoms with Crippen LogP contribution in [0.1, 0.15) is 34.8 Å². The Balaban J connectivity index is 1.51. The van der Waals surface area contributed by atoms with E-state index in [4.69, 9.17) is 9.47 Å². The minimum atomic E-state index is 0.0388. The lowest BCUT2D eigenvalue weighted by Crippen LogP contribution is -2.40. The number of fused-ring (bicyclic) bond motifs is 1. The first-order chi connectivity index (χ1) is 11.2. The summed E-state index contributed by atoms with van der Waals surface area (Å²) in [6.45, 7) is 3.72. The first-order valence-corrected chi connectivity index (χ1v) is 7.90. The van der Waals surface area contributed by atoms with Crippen molar-refractivity contribution in [1.82, 2.24) is 14.7 Å². The Hall–Kier alpha value is -2.50. The molecule has 1 atom stereocenters. The smallest absolute Gasteiger partial charge is 0.254 e. The zero-order chi connectivity index (χ0) is 15.8. The number of nitrogens with zero attached hydrogens (tertiary/aromatic N) is 3. The van der Waals surface area contributed by atoms with Crippen molar-refractivity contribution in [3.8, 4) is 11.5 Å². The predicted octanol–water partition coefficient (Wildman–Crippen LogP) is 2.40. The molecule has 1 aromatic heterocycles. The number of carbonyl (C=O) groups is 1. The number of likely N-dealkylation sites (tertiary alicyclic amines) is 1. The Bertz CT molecular complexity index is 740. The molecule has 0 radical (unpaired) electrons. The number of amides is 1. The van der Waals surface area contributed by atoms with Crippen molar-refractivity contribution in [3.05, 3.63) is 41.7 Å². The van der Waals surface area contributed by atoms with Gasteiger partial charge in [0, 0.05) is 24.8 Å². The number of carbonyl (C=O) groups excluding carboxylic acids is 1. The molecule has 2 aliphatic heterocycles. The number of benzene rings is 1. The Morgan fingerprint density at radius 1 is 1.30 bits per heavy atom. The van der Waals surface area contributed by atoms with Crippen LogP contribution < -0.4 is 9.47 Å². The molecule has 0 bridgehead atoms. The van der Waals surface area contributed by atoms with E-state index in [0.29, 0.717) is 23.6 Å². The van der Waals surface area contributed by atoms with E-state index < -0.39 is 0 Å². The molecule has 0 spiro atoms. The Morgan fingerprint density at radius 3 is 3.00 bits per heavy atom. The normalized spacial score (nSPS) is 19.9. The summed E-state index contributed by atoms with van der Waals surface area (Å²) in [6, 6.07) is 5.62. The highest BCUT2D eigenvalue weighted by molar-refractivity contribution is 5.95. The molecule has 4 rings (SSSR count). The molecule has 1 aromatic carbocycles. The van der Waals surface area contributed by atoms with Gasteiger partial charge in [-0.1, -0.05) is 0 Å². The van der Waals surface area contributed by atoms with Crippen LogP contribution in [0.3, 0.4) is 0 Å². The van der Waals surface area contributed by atoms with E-state index in [-0.39, 0.29) is 18.7 Å². The van der Waals surface area contributed by atoms with E-state index in [2.05, 4.69) is 5.10 Å². The third-order valence-corrected chi connectivity index (χ3v) is 4.41. The topological polar surface area (TPSA) is 56.6 Å². The molecule has 6 heteroatoms. The van der Waals surface area contributed by atoms with Gasteiger partial charge in [0.1, 0.15) is 0 Å². The van der Waals surface area contributed by atoms with E-state index in [9.17, 15) is 4.79 Å². The fourth-order valence-electron chi connectivity index (χ4n) is 3.20. The molecule has 1 amide bonds. The molecule has 1 fully saturated rings. The fraction of sp³-hybridized carbons (Fsp3) is 0.412. The lowest BCUT2D eigenvalue weighted by atomic mass is 10.0. The molecule has 1 unspecified atom stereocenters. The van der Waals surface area contributed by atoms with Crippen LogP contribution in [0.25, 0.3) is 0 Å². The van der Waals surface area contributed by atoms with Crippen LogP contribution >= 0.6 is 0 Å². The summed E-state index contributed by atoms with van der Waals surface area (Å²) in [7, 11) is 0. The highest BCUT2D eigenvalue weighted by atomic mass is 16.7. The van der Waals surface area contributed by atoms with Gasteiger partial charge in [-0.15, -0.1) is 0 Å². The van der Waals surface area contributed by atoms with Crippen LogP contribution in [0, 0.1) is 6.92 Å². The van der Waals surface area contributed by atoms with Crippen molar-refractivity contribution in [3.63, 3.8) is 0 Å². The van der Waals surface area contributed by atoms with E-state index in [1.807, 2.05) is 28.9 Å². The van der Waals surface area contributed by atoms with Gasteiger partial charge in [0.05, 0.1) is 12.2 Å². The fourth-order valence-corrected chi connectivity index (χ4v) is 3.20. The molecule has 2 aliphatic rings.